The van der Waals surface area contributed by atoms with E-state index in [1.54, 1.807) is 0 Å². The van der Waals surface area contributed by atoms with E-state index in [1.807, 2.05) is 28.8 Å². The number of aryl methyl sites for hydroxylation is 1. The molecule has 0 unspecified atom stereocenters. The third kappa shape index (κ3) is 2.14. The van der Waals surface area contributed by atoms with Crippen molar-refractivity contribution in [2.24, 2.45) is 0 Å². The minimum atomic E-state index is 0.673. The van der Waals surface area contributed by atoms with E-state index < -0.39 is 0 Å². The molecular weight excluding hydrogens is 344 g/mol. The summed E-state index contributed by atoms with van der Waals surface area (Å²) in [6, 6.07) is 11.8. The molecule has 0 bridgehead atoms. The van der Waals surface area contributed by atoms with Crippen LogP contribution in [0.15, 0.2) is 40.9 Å². The van der Waals surface area contributed by atoms with E-state index in [9.17, 15) is 0 Å². The van der Waals surface area contributed by atoms with Crippen LogP contribution in [-0.4, -0.2) is 9.55 Å². The fourth-order valence-corrected chi connectivity index (χ4v) is 3.33. The first-order valence-corrected chi connectivity index (χ1v) is 7.31. The number of aromatic nitrogens is 2. The second-order valence-electron chi connectivity index (χ2n) is 4.33. The van der Waals surface area contributed by atoms with Crippen LogP contribution in [0.3, 0.4) is 0 Å². The number of halogens is 2. The maximum atomic E-state index is 5.99. The SMILES string of the molecule is Cc1cccc2c1[nH]c(=S)n2-c1ccc(Cl)cc1Br. The van der Waals surface area contributed by atoms with Crippen LogP contribution in [0.1, 0.15) is 5.56 Å². The summed E-state index contributed by atoms with van der Waals surface area (Å²) < 4.78 is 3.60. The smallest absolute Gasteiger partial charge is 0.182 e. The van der Waals surface area contributed by atoms with Crippen molar-refractivity contribution in [3.05, 3.63) is 56.2 Å². The van der Waals surface area contributed by atoms with Gasteiger partial charge in [0.2, 0.25) is 0 Å². The van der Waals surface area contributed by atoms with Gasteiger partial charge in [-0.1, -0.05) is 23.7 Å². The van der Waals surface area contributed by atoms with Crippen LogP contribution in [0.2, 0.25) is 5.02 Å². The summed E-state index contributed by atoms with van der Waals surface area (Å²) in [6.45, 7) is 2.06. The highest BCUT2D eigenvalue weighted by Crippen LogP contribution is 2.29. The van der Waals surface area contributed by atoms with Gasteiger partial charge in [-0.3, -0.25) is 4.57 Å². The summed E-state index contributed by atoms with van der Waals surface area (Å²) in [5, 5.41) is 0.693. The molecule has 0 saturated heterocycles. The zero-order valence-corrected chi connectivity index (χ0v) is 13.2. The molecule has 0 aliphatic heterocycles. The van der Waals surface area contributed by atoms with E-state index in [4.69, 9.17) is 23.8 Å². The molecule has 5 heteroatoms. The number of hydrogen-bond acceptors (Lipinski definition) is 1. The number of para-hydroxylation sites is 1. The molecule has 0 aliphatic carbocycles. The monoisotopic (exact) mass is 352 g/mol. The van der Waals surface area contributed by atoms with Crippen LogP contribution >= 0.6 is 39.7 Å². The molecule has 3 rings (SSSR count). The van der Waals surface area contributed by atoms with Crippen LogP contribution in [0.4, 0.5) is 0 Å². The molecule has 0 atom stereocenters. The summed E-state index contributed by atoms with van der Waals surface area (Å²) >= 11 is 15.0. The molecule has 0 spiro atoms. The minimum Gasteiger partial charge on any atom is -0.330 e. The molecule has 1 heterocycles. The molecule has 0 amide bonds. The van der Waals surface area contributed by atoms with Gasteiger partial charge in [-0.25, -0.2) is 0 Å². The third-order valence-electron chi connectivity index (χ3n) is 3.08. The van der Waals surface area contributed by atoms with Gasteiger partial charge in [-0.15, -0.1) is 0 Å². The average molecular weight is 354 g/mol. The molecule has 0 saturated carbocycles. The fraction of sp³-hybridized carbons (Fsp3) is 0.0714. The van der Waals surface area contributed by atoms with E-state index in [-0.39, 0.29) is 0 Å². The van der Waals surface area contributed by atoms with Gasteiger partial charge >= 0.3 is 0 Å². The molecule has 2 nitrogen and oxygen atoms in total. The van der Waals surface area contributed by atoms with Gasteiger partial charge in [0.25, 0.3) is 0 Å². The Bertz CT molecular complexity index is 835. The lowest BCUT2D eigenvalue weighted by Gasteiger charge is -2.07. The highest BCUT2D eigenvalue weighted by molar-refractivity contribution is 9.10. The van der Waals surface area contributed by atoms with Gasteiger partial charge < -0.3 is 4.98 Å². The predicted molar refractivity (Wildman–Crippen MR) is 85.9 cm³/mol. The van der Waals surface area contributed by atoms with E-state index in [1.165, 1.54) is 5.56 Å². The first kappa shape index (κ1) is 12.9. The number of aromatic amines is 1. The van der Waals surface area contributed by atoms with Gasteiger partial charge in [0.1, 0.15) is 0 Å². The highest BCUT2D eigenvalue weighted by Gasteiger charge is 2.10. The largest absolute Gasteiger partial charge is 0.330 e. The lowest BCUT2D eigenvalue weighted by Crippen LogP contribution is -1.95. The first-order chi connectivity index (χ1) is 9.08. The Balaban J connectivity index is 2.40. The number of benzene rings is 2. The van der Waals surface area contributed by atoms with E-state index in [0.29, 0.717) is 9.79 Å². The van der Waals surface area contributed by atoms with Gasteiger partial charge in [0.15, 0.2) is 4.77 Å². The molecule has 1 N–H and O–H groups in total. The molecule has 19 heavy (non-hydrogen) atoms. The van der Waals surface area contributed by atoms with Gasteiger partial charge in [0.05, 0.1) is 16.7 Å². The summed E-state index contributed by atoms with van der Waals surface area (Å²) in [7, 11) is 0. The molecule has 3 aromatic rings. The molecule has 2 aromatic carbocycles. The van der Waals surface area contributed by atoms with Crippen molar-refractivity contribution >= 4 is 50.8 Å². The quantitative estimate of drug-likeness (QED) is 0.580. The van der Waals surface area contributed by atoms with E-state index >= 15 is 0 Å². The van der Waals surface area contributed by atoms with Gasteiger partial charge in [0, 0.05) is 9.50 Å². The highest BCUT2D eigenvalue weighted by atomic mass is 79.9. The predicted octanol–water partition coefficient (Wildman–Crippen LogP) is 5.41. The lowest BCUT2D eigenvalue weighted by molar-refractivity contribution is 1.06. The summed E-state index contributed by atoms with van der Waals surface area (Å²) in [5.41, 5.74) is 4.28. The van der Waals surface area contributed by atoms with E-state index in [2.05, 4.69) is 40.0 Å². The van der Waals surface area contributed by atoms with Gasteiger partial charge in [-0.2, -0.15) is 0 Å². The van der Waals surface area contributed by atoms with Crippen molar-refractivity contribution < 1.29 is 0 Å². The second kappa shape index (κ2) is 4.78. The van der Waals surface area contributed by atoms with Crippen molar-refractivity contribution in [2.45, 2.75) is 6.92 Å². The first-order valence-electron chi connectivity index (χ1n) is 5.73. The zero-order valence-electron chi connectivity index (χ0n) is 10.1. The lowest BCUT2D eigenvalue weighted by atomic mass is 10.2. The number of rotatable bonds is 1. The number of H-pyrrole nitrogens is 1. The third-order valence-corrected chi connectivity index (χ3v) is 4.23. The molecule has 96 valence electrons. The zero-order chi connectivity index (χ0) is 13.6. The van der Waals surface area contributed by atoms with Crippen LogP contribution in [-0.2, 0) is 0 Å². The maximum absolute atomic E-state index is 5.99. The van der Waals surface area contributed by atoms with E-state index in [0.717, 1.165) is 21.2 Å². The normalized spacial score (nSPS) is 11.1. The van der Waals surface area contributed by atoms with Crippen molar-refractivity contribution in [3.63, 3.8) is 0 Å². The molecule has 0 radical (unpaired) electrons. The number of imidazole rings is 1. The van der Waals surface area contributed by atoms with Crippen molar-refractivity contribution in [2.75, 3.05) is 0 Å². The molecule has 1 aromatic heterocycles. The Kier molecular flexibility index (Phi) is 3.25. The molecule has 0 fully saturated rings. The number of fused-ring (bicyclic) bond motifs is 1. The van der Waals surface area contributed by atoms with Crippen molar-refractivity contribution in [1.82, 2.24) is 9.55 Å². The average Bonchev–Trinajstić information content (AvgIpc) is 2.68. The molecular formula is C14H10BrClN2S. The maximum Gasteiger partial charge on any atom is 0.182 e. The Hall–Kier alpha value is -1.10. The summed E-state index contributed by atoms with van der Waals surface area (Å²) in [5.74, 6) is 0. The summed E-state index contributed by atoms with van der Waals surface area (Å²) in [6.07, 6.45) is 0. The Morgan fingerprint density at radius 1 is 1.26 bits per heavy atom. The topological polar surface area (TPSA) is 20.7 Å². The number of hydrogen-bond donors (Lipinski definition) is 1. The van der Waals surface area contributed by atoms with Crippen LogP contribution < -0.4 is 0 Å². The van der Waals surface area contributed by atoms with Crippen LogP contribution in [0, 0.1) is 11.7 Å². The van der Waals surface area contributed by atoms with Crippen LogP contribution in [0.5, 0.6) is 0 Å². The number of nitrogens with one attached hydrogen (secondary N) is 1. The Morgan fingerprint density at radius 3 is 2.79 bits per heavy atom. The fourth-order valence-electron chi connectivity index (χ4n) is 2.18. The standard InChI is InChI=1S/C14H10BrClN2S/c1-8-3-2-4-12-13(8)17-14(19)18(12)11-6-5-9(16)7-10(11)15/h2-7H,1H3,(H,17,19). The minimum absolute atomic E-state index is 0.673. The number of nitrogens with zero attached hydrogens (tertiary/aromatic N) is 1. The van der Waals surface area contributed by atoms with Crippen molar-refractivity contribution in [3.8, 4) is 5.69 Å². The Morgan fingerprint density at radius 2 is 2.05 bits per heavy atom. The summed E-state index contributed by atoms with van der Waals surface area (Å²) in [4.78, 5) is 3.26. The van der Waals surface area contributed by atoms with Crippen molar-refractivity contribution in [1.29, 1.82) is 0 Å². The second-order valence-corrected chi connectivity index (χ2v) is 6.01. The van der Waals surface area contributed by atoms with Crippen LogP contribution in [0.25, 0.3) is 16.7 Å². The van der Waals surface area contributed by atoms with Gasteiger partial charge in [-0.05, 0) is 64.9 Å². The molecule has 0 aliphatic rings. The Labute approximate surface area is 129 Å².